The highest BCUT2D eigenvalue weighted by atomic mass is 32.2. The van der Waals surface area contributed by atoms with E-state index in [0.717, 1.165) is 30.9 Å². The Kier molecular flexibility index (Phi) is 4.15. The normalized spacial score (nSPS) is 28.4. The van der Waals surface area contributed by atoms with Gasteiger partial charge >= 0.3 is 0 Å². The zero-order chi connectivity index (χ0) is 13.9. The molecule has 2 saturated heterocycles. The van der Waals surface area contributed by atoms with E-state index < -0.39 is 0 Å². The Labute approximate surface area is 123 Å². The van der Waals surface area contributed by atoms with Gasteiger partial charge < -0.3 is 9.64 Å². The smallest absolute Gasteiger partial charge is 0.261 e. The van der Waals surface area contributed by atoms with E-state index in [-0.39, 0.29) is 12.5 Å². The van der Waals surface area contributed by atoms with Crippen LogP contribution >= 0.6 is 11.8 Å². The van der Waals surface area contributed by atoms with Gasteiger partial charge in [-0.05, 0) is 44.1 Å². The molecule has 2 aliphatic rings. The van der Waals surface area contributed by atoms with Crippen LogP contribution in [0.2, 0.25) is 0 Å². The summed E-state index contributed by atoms with van der Waals surface area (Å²) in [4.78, 5) is 18.5. The summed E-state index contributed by atoms with van der Waals surface area (Å²) < 4.78 is 5.54. The van der Waals surface area contributed by atoms with Crippen LogP contribution in [-0.2, 0) is 4.79 Å². The molecule has 2 atom stereocenters. The number of amides is 1. The van der Waals surface area contributed by atoms with Crippen LogP contribution in [0.1, 0.15) is 25.7 Å². The summed E-state index contributed by atoms with van der Waals surface area (Å²) in [5, 5.41) is 0.718. The maximum Gasteiger partial charge on any atom is 0.261 e. The molecule has 1 amide bonds. The largest absolute Gasteiger partial charge is 0.482 e. The molecule has 2 unspecified atom stereocenters. The van der Waals surface area contributed by atoms with Gasteiger partial charge in [-0.2, -0.15) is 11.8 Å². The lowest BCUT2D eigenvalue weighted by Crippen LogP contribution is -2.49. The molecule has 0 spiro atoms. The number of pyridine rings is 1. The molecular formula is C15H20N2O2S. The lowest BCUT2D eigenvalue weighted by molar-refractivity contribution is -0.137. The molecule has 4 nitrogen and oxygen atoms in total. The predicted molar refractivity (Wildman–Crippen MR) is 79.9 cm³/mol. The minimum atomic E-state index is 0.126. The molecule has 2 fully saturated rings. The highest BCUT2D eigenvalue weighted by Gasteiger charge is 2.42. The Bertz CT molecular complexity index is 454. The number of piperidine rings is 1. The second kappa shape index (κ2) is 6.04. The van der Waals surface area contributed by atoms with Gasteiger partial charge in [0.05, 0.1) is 6.20 Å². The van der Waals surface area contributed by atoms with Crippen molar-refractivity contribution >= 4 is 17.7 Å². The van der Waals surface area contributed by atoms with Gasteiger partial charge in [-0.15, -0.1) is 0 Å². The molecule has 1 aromatic heterocycles. The number of thioether (sulfide) groups is 1. The van der Waals surface area contributed by atoms with Crippen LogP contribution in [-0.4, -0.2) is 46.0 Å². The van der Waals surface area contributed by atoms with Crippen molar-refractivity contribution in [2.45, 2.75) is 43.0 Å². The number of nitrogens with zero attached hydrogens (tertiary/aromatic N) is 2. The zero-order valence-electron chi connectivity index (χ0n) is 11.7. The molecular weight excluding hydrogens is 272 g/mol. The summed E-state index contributed by atoms with van der Waals surface area (Å²) in [5.74, 6) is 0.785. The van der Waals surface area contributed by atoms with Gasteiger partial charge in [0.2, 0.25) is 0 Å². The zero-order valence-corrected chi connectivity index (χ0v) is 12.5. The molecule has 2 aliphatic heterocycles. The molecule has 5 heteroatoms. The standard InChI is InChI=1S/C15H20N2O2S/c1-20-14-7-11-4-5-12(8-14)17(11)15(18)10-19-13-3-2-6-16-9-13/h2-3,6,9,11-12,14H,4-5,7-8,10H2,1H3. The molecule has 2 bridgehead atoms. The number of rotatable bonds is 4. The van der Waals surface area contributed by atoms with Gasteiger partial charge in [0.25, 0.3) is 5.91 Å². The van der Waals surface area contributed by atoms with Gasteiger partial charge in [-0.1, -0.05) is 0 Å². The van der Waals surface area contributed by atoms with Crippen LogP contribution in [0, 0.1) is 0 Å². The minimum absolute atomic E-state index is 0.126. The third-order valence-electron chi connectivity index (χ3n) is 4.31. The van der Waals surface area contributed by atoms with Crippen LogP contribution in [0.5, 0.6) is 5.75 Å². The van der Waals surface area contributed by atoms with Crippen LogP contribution in [0.4, 0.5) is 0 Å². The average molecular weight is 292 g/mol. The Morgan fingerprint density at radius 1 is 1.45 bits per heavy atom. The summed E-state index contributed by atoms with van der Waals surface area (Å²) in [5.41, 5.74) is 0. The third kappa shape index (κ3) is 2.77. The molecule has 0 aromatic carbocycles. The van der Waals surface area contributed by atoms with Crippen molar-refractivity contribution in [1.82, 2.24) is 9.88 Å². The lowest BCUT2D eigenvalue weighted by atomic mass is 10.0. The van der Waals surface area contributed by atoms with Gasteiger partial charge in [-0.25, -0.2) is 0 Å². The molecule has 3 heterocycles. The number of fused-ring (bicyclic) bond motifs is 2. The summed E-state index contributed by atoms with van der Waals surface area (Å²) >= 11 is 1.94. The summed E-state index contributed by atoms with van der Waals surface area (Å²) in [7, 11) is 0. The molecule has 0 aliphatic carbocycles. The second-order valence-electron chi connectivity index (χ2n) is 5.49. The highest BCUT2D eigenvalue weighted by Crippen LogP contribution is 2.39. The number of hydrogen-bond donors (Lipinski definition) is 0. The van der Waals surface area contributed by atoms with E-state index in [9.17, 15) is 4.79 Å². The number of carbonyl (C=O) groups is 1. The van der Waals surface area contributed by atoms with Crippen LogP contribution in [0.25, 0.3) is 0 Å². The molecule has 0 radical (unpaired) electrons. The first-order chi connectivity index (χ1) is 9.78. The third-order valence-corrected chi connectivity index (χ3v) is 5.36. The van der Waals surface area contributed by atoms with Gasteiger partial charge in [0, 0.05) is 23.5 Å². The fourth-order valence-corrected chi connectivity index (χ4v) is 4.21. The number of hydrogen-bond acceptors (Lipinski definition) is 4. The molecule has 20 heavy (non-hydrogen) atoms. The lowest BCUT2D eigenvalue weighted by Gasteiger charge is -2.38. The van der Waals surface area contributed by atoms with Crippen molar-refractivity contribution in [1.29, 1.82) is 0 Å². The first kappa shape index (κ1) is 13.7. The second-order valence-corrected chi connectivity index (χ2v) is 6.63. The van der Waals surface area contributed by atoms with Crippen LogP contribution < -0.4 is 4.74 Å². The van der Waals surface area contributed by atoms with E-state index in [2.05, 4.69) is 16.1 Å². The maximum atomic E-state index is 12.4. The Balaban J connectivity index is 1.58. The van der Waals surface area contributed by atoms with E-state index in [1.165, 1.54) is 0 Å². The van der Waals surface area contributed by atoms with Crippen molar-refractivity contribution in [3.63, 3.8) is 0 Å². The van der Waals surface area contributed by atoms with E-state index in [1.54, 1.807) is 12.4 Å². The number of ether oxygens (including phenoxy) is 1. The maximum absolute atomic E-state index is 12.4. The van der Waals surface area contributed by atoms with E-state index in [4.69, 9.17) is 4.74 Å². The highest BCUT2D eigenvalue weighted by molar-refractivity contribution is 7.99. The molecule has 3 rings (SSSR count). The SMILES string of the molecule is CSC1CC2CCC(C1)N2C(=O)COc1cccnc1. The van der Waals surface area contributed by atoms with Crippen molar-refractivity contribution in [2.75, 3.05) is 12.9 Å². The number of aromatic nitrogens is 1. The van der Waals surface area contributed by atoms with Gasteiger partial charge in [0.1, 0.15) is 5.75 Å². The van der Waals surface area contributed by atoms with Crippen molar-refractivity contribution < 1.29 is 9.53 Å². The molecule has 0 saturated carbocycles. The number of carbonyl (C=O) groups excluding carboxylic acids is 1. The topological polar surface area (TPSA) is 42.4 Å². The fraction of sp³-hybridized carbons (Fsp3) is 0.600. The molecule has 1 aromatic rings. The van der Waals surface area contributed by atoms with E-state index in [1.807, 2.05) is 23.9 Å². The fourth-order valence-electron chi connectivity index (χ4n) is 3.38. The Morgan fingerprint density at radius 3 is 2.80 bits per heavy atom. The van der Waals surface area contributed by atoms with Crippen molar-refractivity contribution in [3.05, 3.63) is 24.5 Å². The van der Waals surface area contributed by atoms with E-state index >= 15 is 0 Å². The average Bonchev–Trinajstić information content (AvgIpc) is 2.76. The first-order valence-corrected chi connectivity index (χ1v) is 8.43. The Morgan fingerprint density at radius 2 is 2.20 bits per heavy atom. The Hall–Kier alpha value is -1.23. The van der Waals surface area contributed by atoms with Crippen LogP contribution in [0.3, 0.4) is 0 Å². The summed E-state index contributed by atoms with van der Waals surface area (Å²) in [6.07, 6.45) is 10.1. The van der Waals surface area contributed by atoms with Crippen molar-refractivity contribution in [2.24, 2.45) is 0 Å². The summed E-state index contributed by atoms with van der Waals surface area (Å²) in [6, 6.07) is 4.50. The van der Waals surface area contributed by atoms with Crippen molar-refractivity contribution in [3.8, 4) is 5.75 Å². The molecule has 0 N–H and O–H groups in total. The predicted octanol–water partition coefficient (Wildman–Crippen LogP) is 2.35. The quantitative estimate of drug-likeness (QED) is 0.854. The van der Waals surface area contributed by atoms with E-state index in [0.29, 0.717) is 17.8 Å². The van der Waals surface area contributed by atoms with Gasteiger partial charge in [-0.3, -0.25) is 9.78 Å². The van der Waals surface area contributed by atoms with Crippen LogP contribution in [0.15, 0.2) is 24.5 Å². The summed E-state index contributed by atoms with van der Waals surface area (Å²) in [6.45, 7) is 0.128. The molecule has 108 valence electrons. The minimum Gasteiger partial charge on any atom is -0.482 e. The first-order valence-electron chi connectivity index (χ1n) is 7.14. The van der Waals surface area contributed by atoms with Gasteiger partial charge in [0.15, 0.2) is 6.61 Å². The monoisotopic (exact) mass is 292 g/mol.